The quantitative estimate of drug-likeness (QED) is 0.237. The second kappa shape index (κ2) is 8.18. The van der Waals surface area contributed by atoms with Crippen molar-refractivity contribution in [2.75, 3.05) is 17.0 Å². The summed E-state index contributed by atoms with van der Waals surface area (Å²) in [6.07, 6.45) is -11.7. The SMILES string of the molecule is CN(C(=O)Oc1c(N(N)C=N)cc(C(F)(F)F)cc1C(F)(F)F)c1ccc(F)cc1. The Hall–Kier alpha value is -3.35. The molecule has 2 rings (SSSR count). The van der Waals surface area contributed by atoms with Gasteiger partial charge >= 0.3 is 18.4 Å². The number of halogens is 7. The van der Waals surface area contributed by atoms with Gasteiger partial charge in [-0.2, -0.15) is 26.3 Å². The van der Waals surface area contributed by atoms with Gasteiger partial charge in [0.15, 0.2) is 5.75 Å². The van der Waals surface area contributed by atoms with E-state index in [0.29, 0.717) is 4.90 Å². The Morgan fingerprint density at radius 2 is 1.63 bits per heavy atom. The number of hydrogen-bond donors (Lipinski definition) is 2. The molecule has 0 unspecified atom stereocenters. The molecule has 0 aliphatic heterocycles. The van der Waals surface area contributed by atoms with Gasteiger partial charge in [0.2, 0.25) is 0 Å². The van der Waals surface area contributed by atoms with Crippen LogP contribution >= 0.6 is 0 Å². The van der Waals surface area contributed by atoms with E-state index >= 15 is 0 Å². The topological polar surface area (TPSA) is 82.7 Å². The van der Waals surface area contributed by atoms with Crippen molar-refractivity contribution in [2.24, 2.45) is 5.84 Å². The second-order valence-corrected chi connectivity index (χ2v) is 5.81. The molecule has 162 valence electrons. The van der Waals surface area contributed by atoms with Crippen LogP contribution in [0, 0.1) is 11.2 Å². The summed E-state index contributed by atoms with van der Waals surface area (Å²) in [5.74, 6) is 3.33. The molecule has 2 aromatic rings. The molecule has 1 amide bonds. The summed E-state index contributed by atoms with van der Waals surface area (Å²) in [4.78, 5) is 13.0. The van der Waals surface area contributed by atoms with Gasteiger partial charge in [0.1, 0.15) is 23.4 Å². The van der Waals surface area contributed by atoms with Crippen molar-refractivity contribution in [1.29, 1.82) is 5.41 Å². The number of hydrazine groups is 1. The number of carbonyl (C=O) groups is 1. The fraction of sp³-hybridized carbons (Fsp3) is 0.176. The zero-order valence-electron chi connectivity index (χ0n) is 15.0. The molecule has 0 saturated carbocycles. The average molecular weight is 438 g/mol. The Bertz CT molecular complexity index is 943. The van der Waals surface area contributed by atoms with Crippen molar-refractivity contribution in [3.05, 3.63) is 53.3 Å². The number of alkyl halides is 6. The fourth-order valence-electron chi connectivity index (χ4n) is 2.28. The predicted molar refractivity (Wildman–Crippen MR) is 92.7 cm³/mol. The van der Waals surface area contributed by atoms with Gasteiger partial charge in [-0.1, -0.05) is 0 Å². The Balaban J connectivity index is 2.59. The Kier molecular flexibility index (Phi) is 6.25. The van der Waals surface area contributed by atoms with Gasteiger partial charge in [0.05, 0.1) is 5.56 Å². The van der Waals surface area contributed by atoms with Crippen molar-refractivity contribution < 1.29 is 40.3 Å². The van der Waals surface area contributed by atoms with Crippen LogP contribution in [0.4, 0.5) is 46.9 Å². The first-order valence-electron chi connectivity index (χ1n) is 7.83. The van der Waals surface area contributed by atoms with Crippen LogP contribution in [0.3, 0.4) is 0 Å². The van der Waals surface area contributed by atoms with E-state index in [1.165, 1.54) is 0 Å². The highest BCUT2D eigenvalue weighted by Gasteiger charge is 2.42. The number of carbonyl (C=O) groups excluding carboxylic acids is 1. The maximum absolute atomic E-state index is 13.5. The third-order valence-corrected chi connectivity index (χ3v) is 3.80. The molecular formula is C17H13F7N4O2. The Morgan fingerprint density at radius 3 is 2.10 bits per heavy atom. The van der Waals surface area contributed by atoms with Crippen LogP contribution in [-0.4, -0.2) is 19.5 Å². The molecule has 0 atom stereocenters. The average Bonchev–Trinajstić information content (AvgIpc) is 2.65. The number of nitrogens with zero attached hydrogens (tertiary/aromatic N) is 2. The highest BCUT2D eigenvalue weighted by Crippen LogP contribution is 2.45. The summed E-state index contributed by atoms with van der Waals surface area (Å²) < 4.78 is 97.2. The van der Waals surface area contributed by atoms with Crippen LogP contribution in [-0.2, 0) is 12.4 Å². The second-order valence-electron chi connectivity index (χ2n) is 5.81. The first-order chi connectivity index (χ1) is 13.8. The minimum atomic E-state index is -5.36. The van der Waals surface area contributed by atoms with E-state index in [9.17, 15) is 35.5 Å². The molecular weight excluding hydrogens is 425 g/mol. The lowest BCUT2D eigenvalue weighted by molar-refractivity contribution is -0.143. The summed E-state index contributed by atoms with van der Waals surface area (Å²) in [7, 11) is 1.09. The molecule has 2 aromatic carbocycles. The maximum Gasteiger partial charge on any atom is 0.420 e. The highest BCUT2D eigenvalue weighted by molar-refractivity contribution is 5.91. The summed E-state index contributed by atoms with van der Waals surface area (Å²) in [5, 5.41) is 7.17. The normalized spacial score (nSPS) is 11.8. The van der Waals surface area contributed by atoms with E-state index in [1.807, 2.05) is 0 Å². The van der Waals surface area contributed by atoms with Crippen LogP contribution < -0.4 is 20.5 Å². The van der Waals surface area contributed by atoms with Gasteiger partial charge < -0.3 is 4.74 Å². The monoisotopic (exact) mass is 438 g/mol. The van der Waals surface area contributed by atoms with Gasteiger partial charge in [-0.05, 0) is 36.4 Å². The smallest absolute Gasteiger partial charge is 0.407 e. The molecule has 0 spiro atoms. The van der Waals surface area contributed by atoms with Crippen LogP contribution in [0.2, 0.25) is 0 Å². The van der Waals surface area contributed by atoms with Crippen LogP contribution in [0.25, 0.3) is 0 Å². The number of nitrogens with two attached hydrogens (primary N) is 1. The molecule has 0 aliphatic rings. The molecule has 6 nitrogen and oxygen atoms in total. The van der Waals surface area contributed by atoms with E-state index in [1.54, 1.807) is 0 Å². The standard InChI is InChI=1S/C17H13F7N4O2/c1-27(11-4-2-10(18)3-5-11)15(29)30-14-12(17(22,23)24)6-9(16(19,20)21)7-13(14)28(26)8-25/h2-8,25H,26H2,1H3. The van der Waals surface area contributed by atoms with Crippen LogP contribution in [0.1, 0.15) is 11.1 Å². The number of amides is 1. The zero-order chi connectivity index (χ0) is 22.9. The minimum absolute atomic E-state index is 0.0279. The molecule has 0 aromatic heterocycles. The van der Waals surface area contributed by atoms with Crippen LogP contribution in [0.15, 0.2) is 36.4 Å². The lowest BCUT2D eigenvalue weighted by Gasteiger charge is -2.24. The largest absolute Gasteiger partial charge is 0.420 e. The van der Waals surface area contributed by atoms with Crippen molar-refractivity contribution in [3.63, 3.8) is 0 Å². The summed E-state index contributed by atoms with van der Waals surface area (Å²) in [6.45, 7) is 0. The van der Waals surface area contributed by atoms with Crippen molar-refractivity contribution >= 4 is 23.8 Å². The number of benzene rings is 2. The van der Waals surface area contributed by atoms with E-state index in [-0.39, 0.29) is 29.2 Å². The van der Waals surface area contributed by atoms with E-state index in [0.717, 1.165) is 31.3 Å². The van der Waals surface area contributed by atoms with Crippen LogP contribution in [0.5, 0.6) is 5.75 Å². The molecule has 13 heteroatoms. The van der Waals surface area contributed by atoms with E-state index < -0.39 is 46.8 Å². The first kappa shape index (κ1) is 22.9. The molecule has 0 fully saturated rings. The minimum Gasteiger partial charge on any atom is -0.407 e. The summed E-state index contributed by atoms with van der Waals surface area (Å²) in [6, 6.07) is 4.17. The first-order valence-corrected chi connectivity index (χ1v) is 7.83. The molecule has 0 bridgehead atoms. The number of nitrogens with one attached hydrogen (secondary N) is 1. The lowest BCUT2D eigenvalue weighted by atomic mass is 10.1. The molecule has 3 N–H and O–H groups in total. The fourth-order valence-corrected chi connectivity index (χ4v) is 2.28. The van der Waals surface area contributed by atoms with Crippen molar-refractivity contribution in [1.82, 2.24) is 0 Å². The zero-order valence-corrected chi connectivity index (χ0v) is 15.0. The van der Waals surface area contributed by atoms with Gasteiger partial charge in [-0.25, -0.2) is 15.0 Å². The molecule has 0 radical (unpaired) electrons. The van der Waals surface area contributed by atoms with Crippen molar-refractivity contribution in [2.45, 2.75) is 12.4 Å². The Labute approximate surface area is 164 Å². The van der Waals surface area contributed by atoms with Gasteiger partial charge in [0.25, 0.3) is 0 Å². The van der Waals surface area contributed by atoms with Crippen molar-refractivity contribution in [3.8, 4) is 5.75 Å². The van der Waals surface area contributed by atoms with E-state index in [4.69, 9.17) is 16.0 Å². The number of anilines is 2. The van der Waals surface area contributed by atoms with Gasteiger partial charge in [-0.3, -0.25) is 15.3 Å². The van der Waals surface area contributed by atoms with E-state index in [2.05, 4.69) is 0 Å². The highest BCUT2D eigenvalue weighted by atomic mass is 19.4. The number of hydrogen-bond acceptors (Lipinski definition) is 4. The summed E-state index contributed by atoms with van der Waals surface area (Å²) in [5.41, 5.74) is -4.63. The van der Waals surface area contributed by atoms with Gasteiger partial charge in [0, 0.05) is 12.7 Å². The maximum atomic E-state index is 13.5. The molecule has 0 aliphatic carbocycles. The molecule has 0 saturated heterocycles. The predicted octanol–water partition coefficient (Wildman–Crippen LogP) is 4.79. The molecule has 30 heavy (non-hydrogen) atoms. The lowest BCUT2D eigenvalue weighted by Crippen LogP contribution is -2.33. The third kappa shape index (κ3) is 4.97. The van der Waals surface area contributed by atoms with Gasteiger partial charge in [-0.15, -0.1) is 0 Å². The summed E-state index contributed by atoms with van der Waals surface area (Å²) >= 11 is 0. The number of rotatable bonds is 4. The molecule has 0 heterocycles. The number of ether oxygens (including phenoxy) is 1. The Morgan fingerprint density at radius 1 is 1.07 bits per heavy atom. The third-order valence-electron chi connectivity index (χ3n) is 3.80.